The second kappa shape index (κ2) is 6.75. The third kappa shape index (κ3) is 2.64. The highest BCUT2D eigenvalue weighted by Gasteiger charge is 2.16. The van der Waals surface area contributed by atoms with Crippen molar-refractivity contribution in [3.05, 3.63) is 104 Å². The molecule has 140 valence electrons. The molecule has 3 heteroatoms. The highest BCUT2D eigenvalue weighted by atomic mass is 14.7. The van der Waals surface area contributed by atoms with Crippen LogP contribution in [0.1, 0.15) is 0 Å². The Morgan fingerprint density at radius 1 is 0.467 bits per heavy atom. The van der Waals surface area contributed by atoms with E-state index >= 15 is 0 Å². The van der Waals surface area contributed by atoms with Gasteiger partial charge < -0.3 is 0 Å². The van der Waals surface area contributed by atoms with E-state index in [1.165, 1.54) is 10.8 Å². The SMILES string of the molecule is c1ccc2c(-c3cc4ccncc4cc3-c3nccc4ccccc34)nccc2c1. The predicted octanol–water partition coefficient (Wildman–Crippen LogP) is 6.67. The van der Waals surface area contributed by atoms with Crippen molar-refractivity contribution in [1.82, 2.24) is 15.0 Å². The zero-order valence-electron chi connectivity index (χ0n) is 16.2. The van der Waals surface area contributed by atoms with Gasteiger partial charge in [-0.1, -0.05) is 48.5 Å². The van der Waals surface area contributed by atoms with Crippen molar-refractivity contribution < 1.29 is 0 Å². The van der Waals surface area contributed by atoms with Crippen LogP contribution >= 0.6 is 0 Å². The molecule has 3 aromatic carbocycles. The van der Waals surface area contributed by atoms with Gasteiger partial charge in [0.05, 0.1) is 11.4 Å². The Labute approximate surface area is 173 Å². The molecule has 0 atom stereocenters. The summed E-state index contributed by atoms with van der Waals surface area (Å²) in [5.74, 6) is 0. The van der Waals surface area contributed by atoms with Crippen molar-refractivity contribution in [2.45, 2.75) is 0 Å². The summed E-state index contributed by atoms with van der Waals surface area (Å²) in [6.07, 6.45) is 7.50. The largest absolute Gasteiger partial charge is 0.264 e. The third-order valence-corrected chi connectivity index (χ3v) is 5.63. The summed E-state index contributed by atoms with van der Waals surface area (Å²) in [5, 5.41) is 6.84. The van der Waals surface area contributed by atoms with Crippen molar-refractivity contribution in [2.75, 3.05) is 0 Å². The average molecular weight is 383 g/mol. The monoisotopic (exact) mass is 383 g/mol. The number of hydrogen-bond donors (Lipinski definition) is 0. The summed E-state index contributed by atoms with van der Waals surface area (Å²) in [4.78, 5) is 13.9. The van der Waals surface area contributed by atoms with E-state index in [2.05, 4.69) is 77.8 Å². The van der Waals surface area contributed by atoms with Crippen LogP contribution in [0.4, 0.5) is 0 Å². The number of pyridine rings is 3. The predicted molar refractivity (Wildman–Crippen MR) is 123 cm³/mol. The molecular weight excluding hydrogens is 366 g/mol. The zero-order chi connectivity index (χ0) is 19.9. The molecule has 0 saturated carbocycles. The van der Waals surface area contributed by atoms with Gasteiger partial charge in [-0.2, -0.15) is 0 Å². The molecular formula is C27H17N3. The van der Waals surface area contributed by atoms with Crippen LogP contribution in [0.5, 0.6) is 0 Å². The van der Waals surface area contributed by atoms with Gasteiger partial charge in [-0.3, -0.25) is 15.0 Å². The second-order valence-electron chi connectivity index (χ2n) is 7.38. The van der Waals surface area contributed by atoms with E-state index in [0.29, 0.717) is 0 Å². The van der Waals surface area contributed by atoms with Crippen LogP contribution in [0.2, 0.25) is 0 Å². The fourth-order valence-corrected chi connectivity index (χ4v) is 4.20. The quantitative estimate of drug-likeness (QED) is 0.335. The normalized spacial score (nSPS) is 11.3. The van der Waals surface area contributed by atoms with Crippen molar-refractivity contribution >= 4 is 32.3 Å². The van der Waals surface area contributed by atoms with E-state index in [4.69, 9.17) is 9.97 Å². The van der Waals surface area contributed by atoms with Crippen molar-refractivity contribution in [3.63, 3.8) is 0 Å². The Hall–Kier alpha value is -4.11. The van der Waals surface area contributed by atoms with Crippen molar-refractivity contribution in [1.29, 1.82) is 0 Å². The van der Waals surface area contributed by atoms with Gasteiger partial charge in [-0.25, -0.2) is 0 Å². The number of aromatic nitrogens is 3. The van der Waals surface area contributed by atoms with Crippen LogP contribution in [-0.4, -0.2) is 15.0 Å². The Bertz CT molecular complexity index is 1420. The zero-order valence-corrected chi connectivity index (χ0v) is 16.2. The lowest BCUT2D eigenvalue weighted by Gasteiger charge is -2.14. The van der Waals surface area contributed by atoms with Crippen molar-refractivity contribution in [2.24, 2.45) is 0 Å². The lowest BCUT2D eigenvalue weighted by molar-refractivity contribution is 1.33. The first-order valence-corrected chi connectivity index (χ1v) is 9.94. The average Bonchev–Trinajstić information content (AvgIpc) is 2.82. The van der Waals surface area contributed by atoms with Gasteiger partial charge in [0.2, 0.25) is 0 Å². The molecule has 0 N–H and O–H groups in total. The first-order valence-electron chi connectivity index (χ1n) is 9.94. The number of nitrogens with zero attached hydrogens (tertiary/aromatic N) is 3. The first-order chi connectivity index (χ1) is 14.9. The molecule has 0 aliphatic carbocycles. The molecule has 0 radical (unpaired) electrons. The Morgan fingerprint density at radius 2 is 1.00 bits per heavy atom. The molecule has 3 heterocycles. The maximum Gasteiger partial charge on any atom is 0.0787 e. The van der Waals surface area contributed by atoms with Gasteiger partial charge >= 0.3 is 0 Å². The van der Waals surface area contributed by atoms with Crippen LogP contribution in [0.25, 0.3) is 54.8 Å². The fraction of sp³-hybridized carbons (Fsp3) is 0. The molecule has 6 aromatic rings. The molecule has 0 spiro atoms. The Balaban J connectivity index is 1.76. The number of benzene rings is 3. The molecule has 0 saturated heterocycles. The van der Waals surface area contributed by atoms with E-state index in [-0.39, 0.29) is 0 Å². The van der Waals surface area contributed by atoms with E-state index in [0.717, 1.165) is 44.1 Å². The number of rotatable bonds is 2. The van der Waals surface area contributed by atoms with Crippen LogP contribution in [0.3, 0.4) is 0 Å². The molecule has 0 amide bonds. The summed E-state index contributed by atoms with van der Waals surface area (Å²) < 4.78 is 0. The number of hydrogen-bond acceptors (Lipinski definition) is 3. The van der Waals surface area contributed by atoms with Crippen LogP contribution in [0, 0.1) is 0 Å². The molecule has 0 aliphatic rings. The summed E-state index contributed by atoms with van der Waals surface area (Å²) in [6, 6.07) is 27.3. The summed E-state index contributed by atoms with van der Waals surface area (Å²) in [6.45, 7) is 0. The minimum Gasteiger partial charge on any atom is -0.264 e. The van der Waals surface area contributed by atoms with Crippen LogP contribution in [0.15, 0.2) is 104 Å². The van der Waals surface area contributed by atoms with Crippen LogP contribution < -0.4 is 0 Å². The molecule has 3 nitrogen and oxygen atoms in total. The first kappa shape index (κ1) is 16.8. The van der Waals surface area contributed by atoms with E-state index in [1.54, 1.807) is 0 Å². The van der Waals surface area contributed by atoms with E-state index in [1.807, 2.05) is 30.9 Å². The molecule has 0 aliphatic heterocycles. The molecule has 0 unspecified atom stereocenters. The van der Waals surface area contributed by atoms with Gasteiger partial charge in [0, 0.05) is 52.1 Å². The third-order valence-electron chi connectivity index (χ3n) is 5.63. The van der Waals surface area contributed by atoms with Gasteiger partial charge in [-0.05, 0) is 46.5 Å². The summed E-state index contributed by atoms with van der Waals surface area (Å²) in [7, 11) is 0. The summed E-state index contributed by atoms with van der Waals surface area (Å²) in [5.41, 5.74) is 4.07. The minimum absolute atomic E-state index is 0.962. The lowest BCUT2D eigenvalue weighted by atomic mass is 9.92. The fourth-order valence-electron chi connectivity index (χ4n) is 4.20. The van der Waals surface area contributed by atoms with Gasteiger partial charge in [0.15, 0.2) is 0 Å². The maximum atomic E-state index is 4.81. The standard InChI is InChI=1S/C27H17N3/c1-3-7-22-18(5-1)10-13-29-26(22)24-15-20-9-12-28-17-21(20)16-25(24)27-23-8-4-2-6-19(23)11-14-30-27/h1-17H. The highest BCUT2D eigenvalue weighted by Crippen LogP contribution is 2.39. The molecule has 6 rings (SSSR count). The second-order valence-corrected chi connectivity index (χ2v) is 7.38. The van der Waals surface area contributed by atoms with Crippen LogP contribution in [-0.2, 0) is 0 Å². The smallest absolute Gasteiger partial charge is 0.0787 e. The molecule has 3 aromatic heterocycles. The lowest BCUT2D eigenvalue weighted by Crippen LogP contribution is -1.94. The summed E-state index contributed by atoms with van der Waals surface area (Å²) >= 11 is 0. The molecule has 0 fully saturated rings. The maximum absolute atomic E-state index is 4.81. The van der Waals surface area contributed by atoms with Gasteiger partial charge in [-0.15, -0.1) is 0 Å². The molecule has 30 heavy (non-hydrogen) atoms. The van der Waals surface area contributed by atoms with Gasteiger partial charge in [0.25, 0.3) is 0 Å². The van der Waals surface area contributed by atoms with E-state index < -0.39 is 0 Å². The van der Waals surface area contributed by atoms with Gasteiger partial charge in [0.1, 0.15) is 0 Å². The Kier molecular flexibility index (Phi) is 3.78. The number of fused-ring (bicyclic) bond motifs is 3. The van der Waals surface area contributed by atoms with E-state index in [9.17, 15) is 0 Å². The highest BCUT2D eigenvalue weighted by molar-refractivity contribution is 6.06. The topological polar surface area (TPSA) is 38.7 Å². The minimum atomic E-state index is 0.962. The van der Waals surface area contributed by atoms with Crippen molar-refractivity contribution in [3.8, 4) is 22.5 Å². The molecule has 0 bridgehead atoms. The Morgan fingerprint density at radius 3 is 1.63 bits per heavy atom.